The summed E-state index contributed by atoms with van der Waals surface area (Å²) >= 11 is 0. The number of nitrogens with one attached hydrogen (secondary N) is 1. The van der Waals surface area contributed by atoms with Crippen LogP contribution in [0, 0.1) is 0 Å². The smallest absolute Gasteiger partial charge is 0.178 e. The monoisotopic (exact) mass is 259 g/mol. The van der Waals surface area contributed by atoms with Crippen LogP contribution in [-0.2, 0) is 4.74 Å². The molecular formula is C12H13N5O2. The van der Waals surface area contributed by atoms with Crippen molar-refractivity contribution in [2.24, 2.45) is 0 Å². The van der Waals surface area contributed by atoms with Gasteiger partial charge in [-0.3, -0.25) is 5.10 Å². The van der Waals surface area contributed by atoms with E-state index in [0.29, 0.717) is 24.4 Å². The first-order valence-electron chi connectivity index (χ1n) is 6.20. The number of nitrogens with zero attached hydrogens (tertiary/aromatic N) is 4. The maximum Gasteiger partial charge on any atom is 0.178 e. The average Bonchev–Trinajstić information content (AvgIpc) is 2.99. The summed E-state index contributed by atoms with van der Waals surface area (Å²) in [4.78, 5) is 2.18. The lowest BCUT2D eigenvalue weighted by atomic mass is 10.2. The Bertz CT molecular complexity index is 741. The van der Waals surface area contributed by atoms with Crippen LogP contribution in [0.2, 0.25) is 0 Å². The van der Waals surface area contributed by atoms with Gasteiger partial charge >= 0.3 is 0 Å². The first kappa shape index (κ1) is 10.6. The standard InChI is InChI=1S/C12H13N5O2/c18-10-5-8(16-1-3-19-4-2-16)7-17-11(10)9-6-13-14-12(9)15-17/h5-7,18H,1-4H2,(H,14,15). The zero-order chi connectivity index (χ0) is 12.8. The number of ether oxygens (including phenoxy) is 1. The zero-order valence-corrected chi connectivity index (χ0v) is 10.2. The molecule has 7 heteroatoms. The predicted octanol–water partition coefficient (Wildman–Crippen LogP) is 0.753. The zero-order valence-electron chi connectivity index (χ0n) is 10.2. The van der Waals surface area contributed by atoms with Crippen LogP contribution in [0.3, 0.4) is 0 Å². The molecule has 98 valence electrons. The summed E-state index contributed by atoms with van der Waals surface area (Å²) < 4.78 is 7.03. The Labute approximate surface area is 108 Å². The van der Waals surface area contributed by atoms with Gasteiger partial charge in [0.1, 0.15) is 11.3 Å². The van der Waals surface area contributed by atoms with Crippen molar-refractivity contribution in [2.45, 2.75) is 0 Å². The van der Waals surface area contributed by atoms with Crippen molar-refractivity contribution in [3.63, 3.8) is 0 Å². The number of fused-ring (bicyclic) bond motifs is 3. The van der Waals surface area contributed by atoms with Gasteiger partial charge in [0, 0.05) is 19.2 Å². The van der Waals surface area contributed by atoms with Gasteiger partial charge < -0.3 is 14.7 Å². The van der Waals surface area contributed by atoms with E-state index in [-0.39, 0.29) is 5.75 Å². The summed E-state index contributed by atoms with van der Waals surface area (Å²) in [5, 5.41) is 22.2. The van der Waals surface area contributed by atoms with E-state index < -0.39 is 0 Å². The molecular weight excluding hydrogens is 246 g/mol. The molecule has 1 aliphatic heterocycles. The van der Waals surface area contributed by atoms with E-state index >= 15 is 0 Å². The molecule has 4 heterocycles. The molecule has 0 spiro atoms. The van der Waals surface area contributed by atoms with Crippen LogP contribution < -0.4 is 4.90 Å². The van der Waals surface area contributed by atoms with Gasteiger partial charge in [-0.1, -0.05) is 0 Å². The van der Waals surface area contributed by atoms with Crippen molar-refractivity contribution >= 4 is 22.2 Å². The lowest BCUT2D eigenvalue weighted by Gasteiger charge is -2.28. The van der Waals surface area contributed by atoms with Crippen molar-refractivity contribution < 1.29 is 9.84 Å². The van der Waals surface area contributed by atoms with Gasteiger partial charge in [-0.15, -0.1) is 5.10 Å². The Hall–Kier alpha value is -2.28. The van der Waals surface area contributed by atoms with Gasteiger partial charge in [0.2, 0.25) is 0 Å². The highest BCUT2D eigenvalue weighted by Crippen LogP contribution is 2.30. The molecule has 7 nitrogen and oxygen atoms in total. The largest absolute Gasteiger partial charge is 0.506 e. The molecule has 1 fully saturated rings. The number of morpholine rings is 1. The van der Waals surface area contributed by atoms with Crippen molar-refractivity contribution in [3.05, 3.63) is 18.5 Å². The Kier molecular flexibility index (Phi) is 2.16. The SMILES string of the molecule is Oc1cc(N2CCOCC2)cn2nc3[nH]ncc3c12. The lowest BCUT2D eigenvalue weighted by molar-refractivity contribution is 0.122. The van der Waals surface area contributed by atoms with Gasteiger partial charge in [0.05, 0.1) is 36.7 Å². The molecule has 3 aromatic heterocycles. The van der Waals surface area contributed by atoms with Crippen LogP contribution in [0.15, 0.2) is 18.5 Å². The third-order valence-corrected chi connectivity index (χ3v) is 3.47. The molecule has 0 atom stereocenters. The van der Waals surface area contributed by atoms with Crippen LogP contribution in [0.1, 0.15) is 0 Å². The number of anilines is 1. The molecule has 19 heavy (non-hydrogen) atoms. The van der Waals surface area contributed by atoms with Crippen LogP contribution in [0.25, 0.3) is 16.6 Å². The highest BCUT2D eigenvalue weighted by Gasteiger charge is 2.16. The molecule has 0 radical (unpaired) electrons. The summed E-state index contributed by atoms with van der Waals surface area (Å²) in [6.07, 6.45) is 3.60. The fourth-order valence-corrected chi connectivity index (χ4v) is 2.52. The minimum absolute atomic E-state index is 0.216. The van der Waals surface area contributed by atoms with E-state index in [1.807, 2.05) is 6.20 Å². The molecule has 0 aliphatic carbocycles. The molecule has 4 rings (SSSR count). The average molecular weight is 259 g/mol. The summed E-state index contributed by atoms with van der Waals surface area (Å²) in [5.74, 6) is 0.216. The van der Waals surface area contributed by atoms with Crippen LogP contribution in [-0.4, -0.2) is 51.2 Å². The Morgan fingerprint density at radius 1 is 1.32 bits per heavy atom. The summed E-state index contributed by atoms with van der Waals surface area (Å²) in [6, 6.07) is 1.77. The minimum atomic E-state index is 0.216. The Balaban J connectivity index is 1.89. The summed E-state index contributed by atoms with van der Waals surface area (Å²) in [6.45, 7) is 3.07. The maximum atomic E-state index is 10.2. The Morgan fingerprint density at radius 2 is 2.16 bits per heavy atom. The van der Waals surface area contributed by atoms with E-state index in [1.165, 1.54) is 0 Å². The molecule has 3 aromatic rings. The number of aromatic nitrogens is 4. The van der Waals surface area contributed by atoms with Gasteiger partial charge in [-0.05, 0) is 0 Å². The number of pyridine rings is 1. The topological polar surface area (TPSA) is 78.7 Å². The third kappa shape index (κ3) is 1.55. The van der Waals surface area contributed by atoms with E-state index in [9.17, 15) is 5.11 Å². The molecule has 0 unspecified atom stereocenters. The number of hydrogen-bond donors (Lipinski definition) is 2. The molecule has 0 bridgehead atoms. The predicted molar refractivity (Wildman–Crippen MR) is 69.5 cm³/mol. The fourth-order valence-electron chi connectivity index (χ4n) is 2.52. The first-order chi connectivity index (χ1) is 9.33. The van der Waals surface area contributed by atoms with E-state index in [1.54, 1.807) is 16.8 Å². The number of H-pyrrole nitrogens is 1. The summed E-state index contributed by atoms with van der Waals surface area (Å²) in [7, 11) is 0. The number of aromatic amines is 1. The second kappa shape index (κ2) is 3.86. The van der Waals surface area contributed by atoms with Crippen molar-refractivity contribution in [2.75, 3.05) is 31.2 Å². The summed E-state index contributed by atoms with van der Waals surface area (Å²) in [5.41, 5.74) is 2.31. The number of hydrogen-bond acceptors (Lipinski definition) is 5. The lowest BCUT2D eigenvalue weighted by Crippen LogP contribution is -2.36. The van der Waals surface area contributed by atoms with E-state index in [4.69, 9.17) is 4.74 Å². The molecule has 2 N–H and O–H groups in total. The van der Waals surface area contributed by atoms with Gasteiger partial charge in [0.25, 0.3) is 0 Å². The van der Waals surface area contributed by atoms with Gasteiger partial charge in [0.15, 0.2) is 5.65 Å². The van der Waals surface area contributed by atoms with Gasteiger partial charge in [-0.25, -0.2) is 4.52 Å². The highest BCUT2D eigenvalue weighted by molar-refractivity contribution is 5.95. The maximum absolute atomic E-state index is 10.2. The highest BCUT2D eigenvalue weighted by atomic mass is 16.5. The third-order valence-electron chi connectivity index (χ3n) is 3.47. The first-order valence-corrected chi connectivity index (χ1v) is 6.20. The normalized spacial score (nSPS) is 16.5. The quantitative estimate of drug-likeness (QED) is 0.674. The second-order valence-corrected chi connectivity index (χ2v) is 4.61. The van der Waals surface area contributed by atoms with E-state index in [0.717, 1.165) is 24.2 Å². The van der Waals surface area contributed by atoms with Crippen molar-refractivity contribution in [1.82, 2.24) is 19.8 Å². The molecule has 0 amide bonds. The number of rotatable bonds is 1. The fraction of sp³-hybridized carbons (Fsp3) is 0.333. The van der Waals surface area contributed by atoms with Crippen LogP contribution in [0.4, 0.5) is 5.69 Å². The van der Waals surface area contributed by atoms with Crippen molar-refractivity contribution in [3.8, 4) is 5.75 Å². The Morgan fingerprint density at radius 3 is 3.00 bits per heavy atom. The number of aromatic hydroxyl groups is 1. The van der Waals surface area contributed by atoms with Crippen LogP contribution >= 0.6 is 0 Å². The van der Waals surface area contributed by atoms with E-state index in [2.05, 4.69) is 20.2 Å². The van der Waals surface area contributed by atoms with Crippen LogP contribution in [0.5, 0.6) is 5.75 Å². The minimum Gasteiger partial charge on any atom is -0.506 e. The molecule has 0 saturated carbocycles. The molecule has 1 aliphatic rings. The molecule has 0 aromatic carbocycles. The second-order valence-electron chi connectivity index (χ2n) is 4.61. The molecule has 1 saturated heterocycles. The van der Waals surface area contributed by atoms with Crippen molar-refractivity contribution in [1.29, 1.82) is 0 Å². The van der Waals surface area contributed by atoms with Gasteiger partial charge in [-0.2, -0.15) is 5.10 Å².